The predicted molar refractivity (Wildman–Crippen MR) is 89.9 cm³/mol. The lowest BCUT2D eigenvalue weighted by molar-refractivity contribution is -0.384. The van der Waals surface area contributed by atoms with E-state index in [0.717, 1.165) is 6.42 Å². The molecule has 126 valence electrons. The Labute approximate surface area is 142 Å². The summed E-state index contributed by atoms with van der Waals surface area (Å²) in [4.78, 5) is 29.0. The van der Waals surface area contributed by atoms with Gasteiger partial charge in [0.2, 0.25) is 0 Å². The van der Waals surface area contributed by atoms with Gasteiger partial charge in [-0.25, -0.2) is 4.98 Å². The van der Waals surface area contributed by atoms with Gasteiger partial charge in [-0.2, -0.15) is 0 Å². The number of carbonyl (C=O) groups excluding carboxylic acids is 1. The van der Waals surface area contributed by atoms with Crippen LogP contribution in [-0.4, -0.2) is 45.0 Å². The molecule has 1 aliphatic heterocycles. The summed E-state index contributed by atoms with van der Waals surface area (Å²) in [5.41, 5.74) is 0.958. The summed E-state index contributed by atoms with van der Waals surface area (Å²) in [5.74, 6) is -0.0603. The highest BCUT2D eigenvalue weighted by Crippen LogP contribution is 2.28. The molecule has 0 saturated carbocycles. The Kier molecular flexibility index (Phi) is 4.59. The number of benzene rings is 1. The van der Waals surface area contributed by atoms with E-state index < -0.39 is 11.0 Å². The van der Waals surface area contributed by atoms with Crippen LogP contribution in [0.15, 0.2) is 29.6 Å². The van der Waals surface area contributed by atoms with Crippen molar-refractivity contribution in [2.24, 2.45) is 5.92 Å². The summed E-state index contributed by atoms with van der Waals surface area (Å²) in [5, 5.41) is 22.8. The van der Waals surface area contributed by atoms with E-state index in [1.54, 1.807) is 29.3 Å². The Hall–Kier alpha value is -2.32. The van der Waals surface area contributed by atoms with E-state index in [1.165, 1.54) is 23.5 Å². The number of thiazole rings is 1. The highest BCUT2D eigenvalue weighted by atomic mass is 32.1. The smallest absolute Gasteiger partial charge is 0.273 e. The largest absolute Gasteiger partial charge is 0.393 e. The van der Waals surface area contributed by atoms with E-state index in [4.69, 9.17) is 0 Å². The van der Waals surface area contributed by atoms with Crippen LogP contribution in [0.2, 0.25) is 0 Å². The lowest BCUT2D eigenvalue weighted by atomic mass is 10.0. The Morgan fingerprint density at radius 2 is 2.33 bits per heavy atom. The molecule has 2 aromatic rings. The van der Waals surface area contributed by atoms with E-state index in [2.05, 4.69) is 4.98 Å². The molecular formula is C16H17N3O4S. The molecule has 0 spiro atoms. The Morgan fingerprint density at radius 3 is 3.00 bits per heavy atom. The molecule has 1 fully saturated rings. The van der Waals surface area contributed by atoms with Crippen molar-refractivity contribution in [2.45, 2.75) is 19.4 Å². The maximum absolute atomic E-state index is 12.5. The van der Waals surface area contributed by atoms with Gasteiger partial charge >= 0.3 is 0 Å². The molecule has 1 aromatic carbocycles. The van der Waals surface area contributed by atoms with Gasteiger partial charge < -0.3 is 10.0 Å². The third kappa shape index (κ3) is 3.29. The predicted octanol–water partition coefficient (Wildman–Crippen LogP) is 2.56. The number of carbonyl (C=O) groups is 1. The van der Waals surface area contributed by atoms with Gasteiger partial charge in [-0.05, 0) is 13.3 Å². The third-order valence-electron chi connectivity index (χ3n) is 4.22. The minimum atomic E-state index is -0.455. The fourth-order valence-corrected chi connectivity index (χ4v) is 3.58. The summed E-state index contributed by atoms with van der Waals surface area (Å²) in [6.45, 7) is 2.88. The molecule has 3 rings (SSSR count). The number of nitrogens with zero attached hydrogens (tertiary/aromatic N) is 3. The lowest BCUT2D eigenvalue weighted by Gasteiger charge is -2.16. The number of hydrogen-bond acceptors (Lipinski definition) is 6. The molecule has 8 heteroatoms. The lowest BCUT2D eigenvalue weighted by Crippen LogP contribution is -2.30. The fraction of sp³-hybridized carbons (Fsp3) is 0.375. The van der Waals surface area contributed by atoms with Crippen molar-refractivity contribution in [3.63, 3.8) is 0 Å². The van der Waals surface area contributed by atoms with Crippen molar-refractivity contribution in [2.75, 3.05) is 13.1 Å². The second-order valence-electron chi connectivity index (χ2n) is 5.89. The van der Waals surface area contributed by atoms with Crippen molar-refractivity contribution < 1.29 is 14.8 Å². The number of hydrogen-bond donors (Lipinski definition) is 1. The average Bonchev–Trinajstić information content (AvgIpc) is 3.24. The van der Waals surface area contributed by atoms with Gasteiger partial charge in [0.05, 0.1) is 11.0 Å². The van der Waals surface area contributed by atoms with Crippen LogP contribution in [0.4, 0.5) is 5.69 Å². The Bertz CT molecular complexity index is 774. The van der Waals surface area contributed by atoms with Crippen LogP contribution in [-0.2, 0) is 0 Å². The zero-order valence-electron chi connectivity index (χ0n) is 13.1. The summed E-state index contributed by atoms with van der Waals surface area (Å²) < 4.78 is 0. The molecule has 24 heavy (non-hydrogen) atoms. The van der Waals surface area contributed by atoms with Gasteiger partial charge in [-0.15, -0.1) is 11.3 Å². The number of non-ortho nitro benzene ring substituents is 1. The number of aromatic nitrogens is 1. The third-order valence-corrected chi connectivity index (χ3v) is 5.11. The number of rotatable bonds is 4. The number of aliphatic hydroxyl groups excluding tert-OH is 1. The average molecular weight is 347 g/mol. The Balaban J connectivity index is 1.77. The van der Waals surface area contributed by atoms with Gasteiger partial charge in [0.1, 0.15) is 10.7 Å². The molecule has 2 heterocycles. The number of aliphatic hydroxyl groups is 1. The molecule has 0 bridgehead atoms. The highest BCUT2D eigenvalue weighted by molar-refractivity contribution is 7.13. The van der Waals surface area contributed by atoms with E-state index in [-0.39, 0.29) is 17.5 Å². The first-order chi connectivity index (χ1) is 11.5. The van der Waals surface area contributed by atoms with E-state index >= 15 is 0 Å². The second-order valence-corrected chi connectivity index (χ2v) is 6.74. The maximum Gasteiger partial charge on any atom is 0.273 e. The molecule has 1 saturated heterocycles. The van der Waals surface area contributed by atoms with Crippen LogP contribution in [0.5, 0.6) is 0 Å². The van der Waals surface area contributed by atoms with Crippen LogP contribution in [0.3, 0.4) is 0 Å². The van der Waals surface area contributed by atoms with E-state index in [0.29, 0.717) is 29.4 Å². The first kappa shape index (κ1) is 16.5. The van der Waals surface area contributed by atoms with E-state index in [1.807, 2.05) is 0 Å². The summed E-state index contributed by atoms with van der Waals surface area (Å²) in [7, 11) is 0. The van der Waals surface area contributed by atoms with Gasteiger partial charge in [0, 0.05) is 42.1 Å². The van der Waals surface area contributed by atoms with Crippen LogP contribution >= 0.6 is 11.3 Å². The first-order valence-corrected chi connectivity index (χ1v) is 8.51. The minimum Gasteiger partial charge on any atom is -0.393 e. The summed E-state index contributed by atoms with van der Waals surface area (Å²) >= 11 is 1.29. The Morgan fingerprint density at radius 1 is 1.54 bits per heavy atom. The molecule has 1 amide bonds. The molecule has 0 aliphatic carbocycles. The monoisotopic (exact) mass is 347 g/mol. The van der Waals surface area contributed by atoms with Crippen molar-refractivity contribution >= 4 is 22.9 Å². The molecule has 1 N–H and O–H groups in total. The van der Waals surface area contributed by atoms with E-state index in [9.17, 15) is 20.0 Å². The molecule has 2 atom stereocenters. The summed E-state index contributed by atoms with van der Waals surface area (Å²) in [6, 6.07) is 6.21. The van der Waals surface area contributed by atoms with Crippen LogP contribution in [0.1, 0.15) is 23.8 Å². The zero-order valence-corrected chi connectivity index (χ0v) is 13.9. The van der Waals surface area contributed by atoms with Gasteiger partial charge in [0.15, 0.2) is 0 Å². The molecule has 2 unspecified atom stereocenters. The van der Waals surface area contributed by atoms with Crippen LogP contribution < -0.4 is 0 Å². The van der Waals surface area contributed by atoms with Gasteiger partial charge in [-0.3, -0.25) is 14.9 Å². The number of likely N-dealkylation sites (tertiary alicyclic amines) is 1. The standard InChI is InChI=1S/C16H17N3O4S/c1-10(20)12-5-6-18(8-12)16(21)14-9-24-15(17-14)11-3-2-4-13(7-11)19(22)23/h2-4,7,9-10,12,20H,5-6,8H2,1H3. The van der Waals surface area contributed by atoms with Crippen molar-refractivity contribution in [3.05, 3.63) is 45.5 Å². The topological polar surface area (TPSA) is 96.6 Å². The molecule has 0 radical (unpaired) electrons. The quantitative estimate of drug-likeness (QED) is 0.677. The molecule has 1 aliphatic rings. The second kappa shape index (κ2) is 6.66. The van der Waals surface area contributed by atoms with Crippen molar-refractivity contribution in [1.82, 2.24) is 9.88 Å². The zero-order chi connectivity index (χ0) is 17.3. The number of amides is 1. The fourth-order valence-electron chi connectivity index (χ4n) is 2.78. The van der Waals surface area contributed by atoms with Crippen molar-refractivity contribution in [3.8, 4) is 10.6 Å². The van der Waals surface area contributed by atoms with Gasteiger partial charge in [0.25, 0.3) is 11.6 Å². The normalized spacial score (nSPS) is 18.6. The SMILES string of the molecule is CC(O)C1CCN(C(=O)c2csc(-c3cccc([N+](=O)[O-])c3)n2)C1. The minimum absolute atomic E-state index is 0.00473. The van der Waals surface area contributed by atoms with Gasteiger partial charge in [-0.1, -0.05) is 12.1 Å². The molecule has 1 aromatic heterocycles. The number of nitro benzene ring substituents is 1. The highest BCUT2D eigenvalue weighted by Gasteiger charge is 2.30. The number of nitro groups is 1. The van der Waals surface area contributed by atoms with Crippen LogP contribution in [0, 0.1) is 16.0 Å². The molecular weight excluding hydrogens is 330 g/mol. The van der Waals surface area contributed by atoms with Crippen molar-refractivity contribution in [1.29, 1.82) is 0 Å². The first-order valence-electron chi connectivity index (χ1n) is 7.63. The summed E-state index contributed by atoms with van der Waals surface area (Å²) in [6.07, 6.45) is 0.351. The maximum atomic E-state index is 12.5. The molecule has 7 nitrogen and oxygen atoms in total. The van der Waals surface area contributed by atoms with Crippen LogP contribution in [0.25, 0.3) is 10.6 Å².